The van der Waals surface area contributed by atoms with Crippen molar-refractivity contribution in [2.24, 2.45) is 5.73 Å². The first kappa shape index (κ1) is 16.1. The fourth-order valence-corrected chi connectivity index (χ4v) is 2.20. The molecule has 3 N–H and O–H groups in total. The average Bonchev–Trinajstić information content (AvgIpc) is 2.38. The van der Waals surface area contributed by atoms with Crippen LogP contribution >= 0.6 is 23.2 Å². The number of benzene rings is 1. The maximum atomic E-state index is 10.8. The maximum absolute atomic E-state index is 10.8. The molecule has 6 heteroatoms. The Bertz CT molecular complexity index is 409. The van der Waals surface area contributed by atoms with Gasteiger partial charge in [-0.2, -0.15) is 0 Å². The lowest BCUT2D eigenvalue weighted by atomic mass is 10.1. The molecule has 0 fully saturated rings. The molecule has 0 aliphatic heterocycles. The topological polar surface area (TPSA) is 66.6 Å². The molecule has 19 heavy (non-hydrogen) atoms. The first-order valence-corrected chi connectivity index (χ1v) is 7.09. The molecule has 0 heterocycles. The summed E-state index contributed by atoms with van der Waals surface area (Å²) in [5, 5.41) is 8.82. The van der Waals surface area contributed by atoms with Gasteiger partial charge in [-0.3, -0.25) is 4.79 Å². The lowest BCUT2D eigenvalue weighted by molar-refractivity contribution is -0.138. The molecule has 4 nitrogen and oxygen atoms in total. The van der Waals surface area contributed by atoms with Gasteiger partial charge in [0.05, 0.1) is 0 Å². The van der Waals surface area contributed by atoms with Crippen molar-refractivity contribution >= 4 is 34.9 Å². The van der Waals surface area contributed by atoms with Crippen LogP contribution in [0, 0.1) is 0 Å². The number of rotatable bonds is 8. The summed E-state index contributed by atoms with van der Waals surface area (Å²) in [5.41, 5.74) is 7.41. The quantitative estimate of drug-likeness (QED) is 0.720. The van der Waals surface area contributed by atoms with Gasteiger partial charge in [0, 0.05) is 30.5 Å². The Morgan fingerprint density at radius 2 is 1.95 bits per heavy atom. The Labute approximate surface area is 123 Å². The Hall–Kier alpha value is -0.970. The van der Waals surface area contributed by atoms with E-state index in [-0.39, 0.29) is 0 Å². The van der Waals surface area contributed by atoms with E-state index < -0.39 is 12.0 Å². The van der Waals surface area contributed by atoms with Crippen LogP contribution in [-0.2, 0) is 11.2 Å². The maximum Gasteiger partial charge on any atom is 0.320 e. The molecule has 1 rings (SSSR count). The minimum absolute atomic E-state index is 0.304. The third-order valence-corrected chi connectivity index (χ3v) is 3.10. The summed E-state index contributed by atoms with van der Waals surface area (Å²) in [7, 11) is 0. The molecule has 0 saturated heterocycles. The van der Waals surface area contributed by atoms with Crippen molar-refractivity contribution in [1.82, 2.24) is 0 Å². The molecule has 0 unspecified atom stereocenters. The van der Waals surface area contributed by atoms with Crippen LogP contribution in [0.5, 0.6) is 0 Å². The smallest absolute Gasteiger partial charge is 0.320 e. The van der Waals surface area contributed by atoms with E-state index in [1.807, 2.05) is 24.3 Å². The monoisotopic (exact) mass is 304 g/mol. The molecular weight excluding hydrogens is 287 g/mol. The van der Waals surface area contributed by atoms with Gasteiger partial charge in [-0.1, -0.05) is 12.1 Å². The zero-order valence-electron chi connectivity index (χ0n) is 10.6. The van der Waals surface area contributed by atoms with E-state index in [1.165, 1.54) is 0 Å². The molecule has 0 bridgehead atoms. The van der Waals surface area contributed by atoms with Crippen LogP contribution in [0.25, 0.3) is 0 Å². The Morgan fingerprint density at radius 3 is 2.47 bits per heavy atom. The summed E-state index contributed by atoms with van der Waals surface area (Å²) < 4.78 is 0. The second kappa shape index (κ2) is 8.25. The van der Waals surface area contributed by atoms with Gasteiger partial charge in [0.25, 0.3) is 0 Å². The number of anilines is 1. The van der Waals surface area contributed by atoms with Crippen LogP contribution in [-0.4, -0.2) is 42.0 Å². The third-order valence-electron chi connectivity index (χ3n) is 2.76. The van der Waals surface area contributed by atoms with Gasteiger partial charge < -0.3 is 15.7 Å². The van der Waals surface area contributed by atoms with Crippen molar-refractivity contribution in [3.63, 3.8) is 0 Å². The van der Waals surface area contributed by atoms with Crippen LogP contribution in [0.1, 0.15) is 5.56 Å². The van der Waals surface area contributed by atoms with Crippen molar-refractivity contribution < 1.29 is 9.90 Å². The number of nitrogens with zero attached hydrogens (tertiary/aromatic N) is 1. The lowest BCUT2D eigenvalue weighted by Gasteiger charge is -2.23. The standard InChI is InChI=1S/C13H18Cl2N2O2/c14-4-6-17(7-5-15)11-3-1-2-10(8-11)9-12(16)13(18)19/h1-3,8,12H,4-7,9,16H2,(H,18,19)/t12-/m1/s1. The molecule has 0 radical (unpaired) electrons. The van der Waals surface area contributed by atoms with E-state index in [4.69, 9.17) is 34.0 Å². The average molecular weight is 305 g/mol. The molecule has 1 aromatic rings. The number of carbonyl (C=O) groups is 1. The van der Waals surface area contributed by atoms with Crippen LogP contribution in [0.15, 0.2) is 24.3 Å². The number of nitrogens with two attached hydrogens (primary N) is 1. The van der Waals surface area contributed by atoms with Gasteiger partial charge in [0.1, 0.15) is 6.04 Å². The van der Waals surface area contributed by atoms with E-state index in [0.29, 0.717) is 31.3 Å². The molecule has 0 aliphatic carbocycles. The predicted octanol–water partition coefficient (Wildman–Crippen LogP) is 1.93. The summed E-state index contributed by atoms with van der Waals surface area (Å²) in [6, 6.07) is 6.75. The van der Waals surface area contributed by atoms with E-state index in [1.54, 1.807) is 0 Å². The highest BCUT2D eigenvalue weighted by molar-refractivity contribution is 6.18. The fourth-order valence-electron chi connectivity index (χ4n) is 1.80. The molecule has 0 spiro atoms. The van der Waals surface area contributed by atoms with Gasteiger partial charge in [0.2, 0.25) is 0 Å². The minimum Gasteiger partial charge on any atom is -0.480 e. The van der Waals surface area contributed by atoms with E-state index in [9.17, 15) is 4.79 Å². The van der Waals surface area contributed by atoms with Crippen molar-refractivity contribution in [2.75, 3.05) is 29.7 Å². The van der Waals surface area contributed by atoms with Crippen LogP contribution < -0.4 is 10.6 Å². The molecule has 106 valence electrons. The largest absolute Gasteiger partial charge is 0.480 e. The zero-order valence-corrected chi connectivity index (χ0v) is 12.1. The van der Waals surface area contributed by atoms with Crippen molar-refractivity contribution in [1.29, 1.82) is 0 Å². The summed E-state index contributed by atoms with van der Waals surface area (Å²) in [4.78, 5) is 12.8. The zero-order chi connectivity index (χ0) is 14.3. The second-order valence-electron chi connectivity index (χ2n) is 4.18. The summed E-state index contributed by atoms with van der Waals surface area (Å²) >= 11 is 11.5. The minimum atomic E-state index is -0.997. The number of hydrogen-bond donors (Lipinski definition) is 2. The number of carboxylic acids is 1. The second-order valence-corrected chi connectivity index (χ2v) is 4.94. The van der Waals surface area contributed by atoms with Crippen LogP contribution in [0.3, 0.4) is 0 Å². The highest BCUT2D eigenvalue weighted by atomic mass is 35.5. The highest BCUT2D eigenvalue weighted by Gasteiger charge is 2.13. The molecule has 0 amide bonds. The Morgan fingerprint density at radius 1 is 1.32 bits per heavy atom. The number of carboxylic acid groups (broad SMARTS) is 1. The SMILES string of the molecule is N[C@H](Cc1cccc(N(CCCl)CCCl)c1)C(=O)O. The van der Waals surface area contributed by atoms with Crippen LogP contribution in [0.4, 0.5) is 5.69 Å². The Kier molecular flexibility index (Phi) is 6.99. The molecule has 0 aliphatic rings. The molecule has 1 aromatic carbocycles. The third kappa shape index (κ3) is 5.27. The van der Waals surface area contributed by atoms with E-state index in [0.717, 1.165) is 11.3 Å². The molecule has 1 atom stereocenters. The normalized spacial score (nSPS) is 12.2. The first-order valence-electron chi connectivity index (χ1n) is 6.02. The van der Waals surface area contributed by atoms with Crippen molar-refractivity contribution in [3.05, 3.63) is 29.8 Å². The van der Waals surface area contributed by atoms with Crippen molar-refractivity contribution in [2.45, 2.75) is 12.5 Å². The predicted molar refractivity (Wildman–Crippen MR) is 79.4 cm³/mol. The summed E-state index contributed by atoms with van der Waals surface area (Å²) in [5.74, 6) is 0.0229. The van der Waals surface area contributed by atoms with Gasteiger partial charge in [-0.15, -0.1) is 23.2 Å². The number of halogens is 2. The Balaban J connectivity index is 2.82. The molecular formula is C13H18Cl2N2O2. The van der Waals surface area contributed by atoms with Gasteiger partial charge >= 0.3 is 5.97 Å². The number of hydrogen-bond acceptors (Lipinski definition) is 3. The fraction of sp³-hybridized carbons (Fsp3) is 0.462. The van der Waals surface area contributed by atoms with E-state index in [2.05, 4.69) is 4.90 Å². The number of alkyl halides is 2. The molecule has 0 saturated carbocycles. The highest BCUT2D eigenvalue weighted by Crippen LogP contribution is 2.17. The number of aliphatic carboxylic acids is 1. The lowest BCUT2D eigenvalue weighted by Crippen LogP contribution is -2.32. The summed E-state index contributed by atoms with van der Waals surface area (Å²) in [6.45, 7) is 1.39. The van der Waals surface area contributed by atoms with Crippen LogP contribution in [0.2, 0.25) is 0 Å². The van der Waals surface area contributed by atoms with Gasteiger partial charge in [0.15, 0.2) is 0 Å². The summed E-state index contributed by atoms with van der Waals surface area (Å²) in [6.07, 6.45) is 0.304. The first-order chi connectivity index (χ1) is 9.08. The van der Waals surface area contributed by atoms with Gasteiger partial charge in [-0.25, -0.2) is 0 Å². The van der Waals surface area contributed by atoms with Gasteiger partial charge in [-0.05, 0) is 24.1 Å². The van der Waals surface area contributed by atoms with E-state index >= 15 is 0 Å². The van der Waals surface area contributed by atoms with Crippen molar-refractivity contribution in [3.8, 4) is 0 Å². The molecule has 0 aromatic heterocycles.